The van der Waals surface area contributed by atoms with E-state index in [1.54, 1.807) is 0 Å². The van der Waals surface area contributed by atoms with E-state index in [2.05, 4.69) is 81.5 Å². The van der Waals surface area contributed by atoms with Gasteiger partial charge in [-0.25, -0.2) is 0 Å². The van der Waals surface area contributed by atoms with Gasteiger partial charge in [-0.1, -0.05) is 254 Å². The maximum Gasteiger partial charge on any atom is 0.306 e. The van der Waals surface area contributed by atoms with Crippen molar-refractivity contribution in [1.82, 2.24) is 0 Å². The SMILES string of the molecule is CC\C=C/C=C\C=C/C=C\C=C/CCCC(=O)OCC(COC(=O)CCCCC\C=C/C=C\C=C\C=C/C=C\C=C/C=C\CC)OC(=O)CCCCCCC\C=C/C=C\C=C/C=C\CCCCC. The Kier molecular flexibility index (Phi) is 49.3. The Morgan fingerprint density at radius 2 is 0.588 bits per heavy atom. The Labute approximate surface area is 414 Å². The van der Waals surface area contributed by atoms with Crippen LogP contribution in [0.1, 0.15) is 156 Å². The number of ether oxygens (including phenoxy) is 3. The molecule has 0 N–H and O–H groups in total. The highest BCUT2D eigenvalue weighted by Crippen LogP contribution is 2.11. The monoisotopic (exact) mass is 929 g/mol. The molecule has 0 aromatic rings. The van der Waals surface area contributed by atoms with Crippen LogP contribution in [-0.4, -0.2) is 37.2 Å². The minimum Gasteiger partial charge on any atom is -0.462 e. The van der Waals surface area contributed by atoms with Crippen molar-refractivity contribution >= 4 is 17.9 Å². The molecule has 1 atom stereocenters. The predicted molar refractivity (Wildman–Crippen MR) is 292 cm³/mol. The summed E-state index contributed by atoms with van der Waals surface area (Å²) in [6, 6.07) is 0. The third-order valence-electron chi connectivity index (χ3n) is 9.73. The normalized spacial score (nSPS) is 13.8. The van der Waals surface area contributed by atoms with Crippen LogP contribution in [0.5, 0.6) is 0 Å². The Hall–Kier alpha value is -5.75. The van der Waals surface area contributed by atoms with E-state index < -0.39 is 6.10 Å². The van der Waals surface area contributed by atoms with Gasteiger partial charge in [-0.3, -0.25) is 14.4 Å². The summed E-state index contributed by atoms with van der Waals surface area (Å²) in [6.07, 6.45) is 82.6. The fourth-order valence-electron chi connectivity index (χ4n) is 5.94. The molecule has 0 aliphatic carbocycles. The molecule has 6 nitrogen and oxygen atoms in total. The second-order valence-electron chi connectivity index (χ2n) is 16.0. The lowest BCUT2D eigenvalue weighted by Gasteiger charge is -2.18. The molecular weight excluding hydrogens is 841 g/mol. The predicted octanol–water partition coefficient (Wildman–Crippen LogP) is 17.1. The number of allylic oxidation sites excluding steroid dienone is 32. The van der Waals surface area contributed by atoms with Gasteiger partial charge >= 0.3 is 17.9 Å². The lowest BCUT2D eigenvalue weighted by Crippen LogP contribution is -2.30. The molecule has 0 amide bonds. The van der Waals surface area contributed by atoms with Crippen molar-refractivity contribution in [3.8, 4) is 0 Å². The maximum absolute atomic E-state index is 12.8. The molecule has 0 aliphatic heterocycles. The first kappa shape index (κ1) is 62.2. The van der Waals surface area contributed by atoms with E-state index in [0.717, 1.165) is 77.0 Å². The Morgan fingerprint density at radius 3 is 0.971 bits per heavy atom. The van der Waals surface area contributed by atoms with E-state index in [-0.39, 0.29) is 50.4 Å². The molecular formula is C62H88O6. The molecule has 0 aromatic heterocycles. The van der Waals surface area contributed by atoms with Crippen molar-refractivity contribution in [3.63, 3.8) is 0 Å². The third kappa shape index (κ3) is 51.2. The van der Waals surface area contributed by atoms with Gasteiger partial charge in [0.2, 0.25) is 0 Å². The molecule has 372 valence electrons. The lowest BCUT2D eigenvalue weighted by atomic mass is 10.1. The van der Waals surface area contributed by atoms with E-state index in [4.69, 9.17) is 14.2 Å². The zero-order valence-corrected chi connectivity index (χ0v) is 42.3. The molecule has 0 saturated carbocycles. The van der Waals surface area contributed by atoms with Crippen LogP contribution in [0.4, 0.5) is 0 Å². The molecule has 6 heteroatoms. The van der Waals surface area contributed by atoms with Crippen LogP contribution < -0.4 is 0 Å². The fourth-order valence-corrected chi connectivity index (χ4v) is 5.94. The zero-order chi connectivity index (χ0) is 49.3. The summed E-state index contributed by atoms with van der Waals surface area (Å²) in [5, 5.41) is 0. The molecule has 0 fully saturated rings. The van der Waals surface area contributed by atoms with Crippen LogP contribution in [0.15, 0.2) is 194 Å². The average Bonchev–Trinajstić information content (AvgIpc) is 3.34. The van der Waals surface area contributed by atoms with Gasteiger partial charge < -0.3 is 14.2 Å². The van der Waals surface area contributed by atoms with Crippen LogP contribution in [0.3, 0.4) is 0 Å². The first-order chi connectivity index (χ1) is 33.5. The molecule has 0 aliphatic rings. The van der Waals surface area contributed by atoms with E-state index in [1.165, 1.54) is 19.3 Å². The van der Waals surface area contributed by atoms with Crippen LogP contribution in [0.25, 0.3) is 0 Å². The van der Waals surface area contributed by atoms with Gasteiger partial charge in [0.15, 0.2) is 6.10 Å². The Bertz CT molecular complexity index is 1730. The first-order valence-electron chi connectivity index (χ1n) is 25.7. The Morgan fingerprint density at radius 1 is 0.309 bits per heavy atom. The largest absolute Gasteiger partial charge is 0.462 e. The van der Waals surface area contributed by atoms with Crippen molar-refractivity contribution in [3.05, 3.63) is 194 Å². The highest BCUT2D eigenvalue weighted by atomic mass is 16.6. The van der Waals surface area contributed by atoms with Gasteiger partial charge in [0.1, 0.15) is 13.2 Å². The molecule has 0 radical (unpaired) electrons. The van der Waals surface area contributed by atoms with Gasteiger partial charge in [-0.2, -0.15) is 0 Å². The van der Waals surface area contributed by atoms with Crippen LogP contribution in [0.2, 0.25) is 0 Å². The molecule has 1 unspecified atom stereocenters. The van der Waals surface area contributed by atoms with Crippen molar-refractivity contribution in [2.45, 2.75) is 162 Å². The van der Waals surface area contributed by atoms with Gasteiger partial charge in [-0.05, 0) is 77.0 Å². The number of rotatable bonds is 42. The highest BCUT2D eigenvalue weighted by molar-refractivity contribution is 5.71. The number of unbranched alkanes of at least 4 members (excludes halogenated alkanes) is 12. The summed E-state index contributed by atoms with van der Waals surface area (Å²) in [6.45, 7) is 6.14. The van der Waals surface area contributed by atoms with E-state index >= 15 is 0 Å². The summed E-state index contributed by atoms with van der Waals surface area (Å²) in [7, 11) is 0. The summed E-state index contributed by atoms with van der Waals surface area (Å²) >= 11 is 0. The summed E-state index contributed by atoms with van der Waals surface area (Å²) in [5.74, 6) is -1.11. The molecule has 0 saturated heterocycles. The molecule has 0 heterocycles. The zero-order valence-electron chi connectivity index (χ0n) is 42.3. The topological polar surface area (TPSA) is 78.9 Å². The van der Waals surface area contributed by atoms with Gasteiger partial charge in [-0.15, -0.1) is 0 Å². The number of carbonyl (C=O) groups excluding carboxylic acids is 3. The molecule has 0 aromatic carbocycles. The fraction of sp³-hybridized carbons (Fsp3) is 0.435. The van der Waals surface area contributed by atoms with Crippen LogP contribution >= 0.6 is 0 Å². The van der Waals surface area contributed by atoms with Gasteiger partial charge in [0.05, 0.1) is 0 Å². The Balaban J connectivity index is 4.69. The quantitative estimate of drug-likeness (QED) is 0.0263. The number of hydrogen-bond acceptors (Lipinski definition) is 6. The number of carbonyl (C=O) groups is 3. The lowest BCUT2D eigenvalue weighted by molar-refractivity contribution is -0.167. The number of esters is 3. The smallest absolute Gasteiger partial charge is 0.306 e. The molecule has 68 heavy (non-hydrogen) atoms. The maximum atomic E-state index is 12.8. The summed E-state index contributed by atoms with van der Waals surface area (Å²) in [4.78, 5) is 38.0. The summed E-state index contributed by atoms with van der Waals surface area (Å²) < 4.78 is 16.7. The number of hydrogen-bond donors (Lipinski definition) is 0. The average molecular weight is 929 g/mol. The van der Waals surface area contributed by atoms with Crippen LogP contribution in [0, 0.1) is 0 Å². The molecule has 0 rings (SSSR count). The van der Waals surface area contributed by atoms with Crippen molar-refractivity contribution < 1.29 is 28.6 Å². The highest BCUT2D eigenvalue weighted by Gasteiger charge is 2.19. The minimum atomic E-state index is -0.851. The van der Waals surface area contributed by atoms with Crippen LogP contribution in [-0.2, 0) is 28.6 Å². The third-order valence-corrected chi connectivity index (χ3v) is 9.73. The summed E-state index contributed by atoms with van der Waals surface area (Å²) in [5.41, 5.74) is 0. The molecule has 0 spiro atoms. The van der Waals surface area contributed by atoms with E-state index in [0.29, 0.717) is 19.3 Å². The van der Waals surface area contributed by atoms with Gasteiger partial charge in [0, 0.05) is 19.3 Å². The van der Waals surface area contributed by atoms with E-state index in [9.17, 15) is 14.4 Å². The van der Waals surface area contributed by atoms with Crippen molar-refractivity contribution in [2.24, 2.45) is 0 Å². The van der Waals surface area contributed by atoms with E-state index in [1.807, 2.05) is 134 Å². The second-order valence-corrected chi connectivity index (χ2v) is 16.0. The van der Waals surface area contributed by atoms with Crippen molar-refractivity contribution in [2.75, 3.05) is 13.2 Å². The van der Waals surface area contributed by atoms with Crippen molar-refractivity contribution in [1.29, 1.82) is 0 Å². The minimum absolute atomic E-state index is 0.147. The molecule has 0 bridgehead atoms. The van der Waals surface area contributed by atoms with Gasteiger partial charge in [0.25, 0.3) is 0 Å². The first-order valence-corrected chi connectivity index (χ1v) is 25.7. The standard InChI is InChI=1S/C62H88O6/c1-4-7-10-13-16-19-22-25-27-29-31-33-34-37-40-43-46-49-52-55-61(64)67-58-59(57-66-60(63)54-51-48-45-42-39-36-24-21-18-15-12-9-6-3)68-62(65)56-53-50-47-44-41-38-35-32-30-28-26-23-20-17-14-11-8-5-2/h7,9-10,12-13,15-37,39-40,42,45,59H,4-6,8,11,14,38,41,43-44,46-58H2,1-3H3/b10-7-,12-9-,16-13-,18-15-,20-17-,22-19-,24-21-,26-23-,27-25-,30-28-,31-29+,34-33-,35-32-,39-36-,40-37-,45-42-. The second kappa shape index (κ2) is 53.9.